The molecule has 122 valence electrons. The van der Waals surface area contributed by atoms with Crippen molar-refractivity contribution in [2.75, 3.05) is 26.7 Å². The van der Waals surface area contributed by atoms with Crippen LogP contribution in [0.4, 0.5) is 0 Å². The Morgan fingerprint density at radius 3 is 2.41 bits per heavy atom. The maximum absolute atomic E-state index is 12.5. The summed E-state index contributed by atoms with van der Waals surface area (Å²) in [4.78, 5) is 15.1. The molecule has 1 saturated heterocycles. The first-order valence-corrected chi connectivity index (χ1v) is 8.65. The van der Waals surface area contributed by atoms with Crippen LogP contribution in [0.1, 0.15) is 55.8 Å². The normalized spacial score (nSPS) is 16.6. The summed E-state index contributed by atoms with van der Waals surface area (Å²) in [5.41, 5.74) is 0.821. The minimum Gasteiger partial charge on any atom is -0.497 e. The first kappa shape index (κ1) is 17.0. The quantitative estimate of drug-likeness (QED) is 0.533. The first-order valence-electron chi connectivity index (χ1n) is 8.65. The predicted octanol–water partition coefficient (Wildman–Crippen LogP) is 4.17. The maximum Gasteiger partial charge on any atom is 0.166 e. The van der Waals surface area contributed by atoms with E-state index < -0.39 is 0 Å². The van der Waals surface area contributed by atoms with E-state index in [0.717, 1.165) is 37.2 Å². The van der Waals surface area contributed by atoms with Crippen LogP contribution in [-0.4, -0.2) is 37.4 Å². The highest BCUT2D eigenvalue weighted by Crippen LogP contribution is 2.23. The van der Waals surface area contributed by atoms with E-state index in [9.17, 15) is 4.79 Å². The van der Waals surface area contributed by atoms with E-state index in [1.165, 1.54) is 32.2 Å². The molecule has 0 N–H and O–H groups in total. The maximum atomic E-state index is 12.5. The number of unbranched alkanes of at least 4 members (excludes halogenated alkanes) is 3. The number of piperidine rings is 1. The van der Waals surface area contributed by atoms with Crippen LogP contribution >= 0.6 is 0 Å². The molecule has 1 aliphatic rings. The second-order valence-corrected chi connectivity index (χ2v) is 6.27. The molecule has 0 bridgehead atoms. The number of ketones is 1. The summed E-state index contributed by atoms with van der Waals surface area (Å²) in [6, 6.07) is 7.52. The number of likely N-dealkylation sites (tertiary alicyclic amines) is 1. The Morgan fingerprint density at radius 2 is 1.82 bits per heavy atom. The number of hydrogen-bond donors (Lipinski definition) is 0. The van der Waals surface area contributed by atoms with Crippen molar-refractivity contribution in [3.05, 3.63) is 29.8 Å². The van der Waals surface area contributed by atoms with Gasteiger partial charge >= 0.3 is 0 Å². The van der Waals surface area contributed by atoms with Gasteiger partial charge in [0, 0.05) is 11.5 Å². The summed E-state index contributed by atoms with van der Waals surface area (Å²) in [7, 11) is 1.65. The van der Waals surface area contributed by atoms with Gasteiger partial charge < -0.3 is 9.64 Å². The van der Waals surface area contributed by atoms with E-state index in [0.29, 0.717) is 5.78 Å². The number of benzene rings is 1. The minimum absolute atomic E-state index is 0.195. The monoisotopic (exact) mass is 303 g/mol. The lowest BCUT2D eigenvalue weighted by atomic mass is 9.89. The van der Waals surface area contributed by atoms with Gasteiger partial charge in [-0.3, -0.25) is 4.79 Å². The molecule has 0 aromatic heterocycles. The molecule has 1 aromatic carbocycles. The number of hydrogen-bond acceptors (Lipinski definition) is 3. The fourth-order valence-corrected chi connectivity index (χ4v) is 3.17. The summed E-state index contributed by atoms with van der Waals surface area (Å²) in [5.74, 6) is 1.30. The molecular formula is C19H29NO2. The number of methoxy groups -OCH3 is 1. The average Bonchev–Trinajstić information content (AvgIpc) is 2.59. The summed E-state index contributed by atoms with van der Waals surface area (Å²) < 4.78 is 5.15. The smallest absolute Gasteiger partial charge is 0.166 e. The van der Waals surface area contributed by atoms with Crippen LogP contribution in [0.25, 0.3) is 0 Å². The molecule has 3 nitrogen and oxygen atoms in total. The van der Waals surface area contributed by atoms with Crippen LogP contribution < -0.4 is 4.74 Å². The number of Topliss-reactive ketones (excluding diaryl/α,β-unsaturated/α-hetero) is 1. The van der Waals surface area contributed by atoms with Gasteiger partial charge in [0.05, 0.1) is 7.11 Å². The van der Waals surface area contributed by atoms with Crippen molar-refractivity contribution in [2.24, 2.45) is 5.92 Å². The molecule has 0 atom stereocenters. The molecule has 3 heteroatoms. The van der Waals surface area contributed by atoms with Crippen molar-refractivity contribution in [1.82, 2.24) is 4.90 Å². The van der Waals surface area contributed by atoms with Gasteiger partial charge in [-0.15, -0.1) is 0 Å². The number of nitrogens with zero attached hydrogens (tertiary/aromatic N) is 1. The fraction of sp³-hybridized carbons (Fsp3) is 0.632. The SMILES string of the molecule is CCCCCCN1CCC(C(=O)c2ccc(OC)cc2)CC1. The second-order valence-electron chi connectivity index (χ2n) is 6.27. The molecule has 0 unspecified atom stereocenters. The Kier molecular flexibility index (Phi) is 6.91. The first-order chi connectivity index (χ1) is 10.7. The van der Waals surface area contributed by atoms with Crippen LogP contribution in [0.3, 0.4) is 0 Å². The molecule has 1 fully saturated rings. The second kappa shape index (κ2) is 8.94. The fourth-order valence-electron chi connectivity index (χ4n) is 3.17. The highest BCUT2D eigenvalue weighted by atomic mass is 16.5. The van der Waals surface area contributed by atoms with E-state index in [1.807, 2.05) is 24.3 Å². The van der Waals surface area contributed by atoms with Crippen LogP contribution in [0.15, 0.2) is 24.3 Å². The Bertz CT molecular complexity index is 447. The van der Waals surface area contributed by atoms with Crippen LogP contribution in [-0.2, 0) is 0 Å². The van der Waals surface area contributed by atoms with Gasteiger partial charge in [-0.05, 0) is 63.2 Å². The molecule has 2 rings (SSSR count). The van der Waals surface area contributed by atoms with Crippen molar-refractivity contribution in [2.45, 2.75) is 45.4 Å². The highest BCUT2D eigenvalue weighted by Gasteiger charge is 2.25. The number of carbonyl (C=O) groups excluding carboxylic acids is 1. The number of carbonyl (C=O) groups is 1. The summed E-state index contributed by atoms with van der Waals surface area (Å²) >= 11 is 0. The van der Waals surface area contributed by atoms with Gasteiger partial charge in [-0.2, -0.15) is 0 Å². The molecule has 0 aliphatic carbocycles. The van der Waals surface area contributed by atoms with E-state index >= 15 is 0 Å². The summed E-state index contributed by atoms with van der Waals surface area (Å²) in [6.45, 7) is 5.58. The Labute approximate surface area is 134 Å². The van der Waals surface area contributed by atoms with Crippen LogP contribution in [0.2, 0.25) is 0 Å². The van der Waals surface area contributed by atoms with Gasteiger partial charge in [0.25, 0.3) is 0 Å². The van der Waals surface area contributed by atoms with Crippen molar-refractivity contribution in [1.29, 1.82) is 0 Å². The van der Waals surface area contributed by atoms with Gasteiger partial charge in [0.2, 0.25) is 0 Å². The standard InChI is InChI=1S/C19H29NO2/c1-3-4-5-6-13-20-14-11-17(12-15-20)19(21)16-7-9-18(22-2)10-8-16/h7-10,17H,3-6,11-15H2,1-2H3. The van der Waals surface area contributed by atoms with Crippen LogP contribution in [0.5, 0.6) is 5.75 Å². The number of ether oxygens (including phenoxy) is 1. The van der Waals surface area contributed by atoms with E-state index in [2.05, 4.69) is 11.8 Å². The van der Waals surface area contributed by atoms with E-state index in [4.69, 9.17) is 4.74 Å². The number of rotatable bonds is 8. The molecule has 0 radical (unpaired) electrons. The molecular weight excluding hydrogens is 274 g/mol. The van der Waals surface area contributed by atoms with Crippen molar-refractivity contribution >= 4 is 5.78 Å². The zero-order valence-corrected chi connectivity index (χ0v) is 14.0. The van der Waals surface area contributed by atoms with Gasteiger partial charge in [0.1, 0.15) is 5.75 Å². The Morgan fingerprint density at radius 1 is 1.14 bits per heavy atom. The van der Waals surface area contributed by atoms with Crippen molar-refractivity contribution in [3.8, 4) is 5.75 Å². The molecule has 0 spiro atoms. The lowest BCUT2D eigenvalue weighted by Gasteiger charge is -2.31. The van der Waals surface area contributed by atoms with Crippen LogP contribution in [0, 0.1) is 5.92 Å². The zero-order valence-electron chi connectivity index (χ0n) is 14.0. The van der Waals surface area contributed by atoms with Gasteiger partial charge in [0.15, 0.2) is 5.78 Å². The molecule has 1 heterocycles. The van der Waals surface area contributed by atoms with E-state index in [1.54, 1.807) is 7.11 Å². The third kappa shape index (κ3) is 4.84. The third-order valence-corrected chi connectivity index (χ3v) is 4.66. The molecule has 22 heavy (non-hydrogen) atoms. The van der Waals surface area contributed by atoms with Crippen molar-refractivity contribution < 1.29 is 9.53 Å². The van der Waals surface area contributed by atoms with Crippen molar-refractivity contribution in [3.63, 3.8) is 0 Å². The lowest BCUT2D eigenvalue weighted by Crippen LogP contribution is -2.36. The molecule has 1 aliphatic heterocycles. The lowest BCUT2D eigenvalue weighted by molar-refractivity contribution is 0.0839. The van der Waals surface area contributed by atoms with Gasteiger partial charge in [-0.25, -0.2) is 0 Å². The molecule has 0 saturated carbocycles. The zero-order chi connectivity index (χ0) is 15.8. The Hall–Kier alpha value is -1.35. The van der Waals surface area contributed by atoms with Gasteiger partial charge in [-0.1, -0.05) is 26.2 Å². The Balaban J connectivity index is 1.76. The topological polar surface area (TPSA) is 29.5 Å². The summed E-state index contributed by atoms with van der Waals surface area (Å²) in [5, 5.41) is 0. The third-order valence-electron chi connectivity index (χ3n) is 4.66. The largest absolute Gasteiger partial charge is 0.497 e. The highest BCUT2D eigenvalue weighted by molar-refractivity contribution is 5.98. The molecule has 1 aromatic rings. The minimum atomic E-state index is 0.195. The van der Waals surface area contributed by atoms with E-state index in [-0.39, 0.29) is 5.92 Å². The predicted molar refractivity (Wildman–Crippen MR) is 90.6 cm³/mol. The summed E-state index contributed by atoms with van der Waals surface area (Å²) in [6.07, 6.45) is 7.26. The molecule has 0 amide bonds. The average molecular weight is 303 g/mol.